The number of carbonyl (C=O) groups excluding carboxylic acids is 1. The smallest absolute Gasteiger partial charge is 0.185 e. The van der Waals surface area contributed by atoms with Gasteiger partial charge in [0.05, 0.1) is 7.11 Å². The Balaban J connectivity index is 1.78. The van der Waals surface area contributed by atoms with E-state index in [1.165, 1.54) is 12.1 Å². The molecule has 3 heteroatoms. The Morgan fingerprint density at radius 1 is 0.920 bits per heavy atom. The first-order valence-corrected chi connectivity index (χ1v) is 7.88. The first-order valence-electron chi connectivity index (χ1n) is 7.88. The summed E-state index contributed by atoms with van der Waals surface area (Å²) in [6.07, 6.45) is 3.32. The van der Waals surface area contributed by atoms with E-state index in [2.05, 4.69) is 0 Å². The van der Waals surface area contributed by atoms with Crippen LogP contribution in [-0.4, -0.2) is 12.9 Å². The number of allylic oxidation sites excluding steroid dienone is 1. The fourth-order valence-electron chi connectivity index (χ4n) is 2.48. The molecule has 0 aliphatic rings. The van der Waals surface area contributed by atoms with E-state index < -0.39 is 0 Å². The molecule has 0 saturated carbocycles. The lowest BCUT2D eigenvalue weighted by molar-refractivity contribution is 0.104. The highest BCUT2D eigenvalue weighted by molar-refractivity contribution is 6.07. The van der Waals surface area contributed by atoms with Crippen LogP contribution in [0.2, 0.25) is 0 Å². The van der Waals surface area contributed by atoms with E-state index in [1.807, 2.05) is 42.5 Å². The predicted molar refractivity (Wildman–Crippen MR) is 98.2 cm³/mol. The normalized spacial score (nSPS) is 10.8. The van der Waals surface area contributed by atoms with Crippen molar-refractivity contribution in [1.29, 1.82) is 0 Å². The van der Waals surface area contributed by atoms with Crippen LogP contribution < -0.4 is 4.74 Å². The number of halogens is 1. The van der Waals surface area contributed by atoms with Crippen LogP contribution in [0.5, 0.6) is 5.75 Å². The summed E-state index contributed by atoms with van der Waals surface area (Å²) in [5.74, 6) is 0.411. The van der Waals surface area contributed by atoms with Crippen LogP contribution in [0.15, 0.2) is 78.9 Å². The molecule has 124 valence electrons. The first kappa shape index (κ1) is 16.7. The monoisotopic (exact) mass is 332 g/mol. The Bertz CT molecular complexity index is 894. The number of ether oxygens (including phenoxy) is 1. The fourth-order valence-corrected chi connectivity index (χ4v) is 2.48. The summed E-state index contributed by atoms with van der Waals surface area (Å²) >= 11 is 0. The maximum absolute atomic E-state index is 13.0. The van der Waals surface area contributed by atoms with Crippen LogP contribution in [0.3, 0.4) is 0 Å². The number of benzene rings is 3. The first-order chi connectivity index (χ1) is 12.2. The standard InChI is InChI=1S/C22H17FO2/c1-25-21-12-5-16(6-13-21)7-14-22(24)19-4-2-3-18(15-19)17-8-10-20(23)11-9-17/h2-15H,1H3/b14-7+. The number of carbonyl (C=O) groups is 1. The van der Waals surface area contributed by atoms with Gasteiger partial charge >= 0.3 is 0 Å². The average Bonchev–Trinajstić information content (AvgIpc) is 2.67. The van der Waals surface area contributed by atoms with E-state index in [1.54, 1.807) is 37.5 Å². The van der Waals surface area contributed by atoms with Gasteiger partial charge in [0.15, 0.2) is 5.78 Å². The summed E-state index contributed by atoms with van der Waals surface area (Å²) in [6.45, 7) is 0. The molecule has 0 N–H and O–H groups in total. The van der Waals surface area contributed by atoms with Crippen molar-refractivity contribution in [2.45, 2.75) is 0 Å². The molecule has 0 fully saturated rings. The molecule has 2 nitrogen and oxygen atoms in total. The van der Waals surface area contributed by atoms with E-state index in [0.29, 0.717) is 5.56 Å². The summed E-state index contributed by atoms with van der Waals surface area (Å²) in [4.78, 5) is 12.4. The third-order valence-electron chi connectivity index (χ3n) is 3.87. The van der Waals surface area contributed by atoms with Crippen molar-refractivity contribution in [2.75, 3.05) is 7.11 Å². The van der Waals surface area contributed by atoms with Crippen LogP contribution >= 0.6 is 0 Å². The van der Waals surface area contributed by atoms with Gasteiger partial charge in [-0.15, -0.1) is 0 Å². The van der Waals surface area contributed by atoms with Gasteiger partial charge < -0.3 is 4.74 Å². The Kier molecular flexibility index (Phi) is 5.05. The minimum absolute atomic E-state index is 0.0835. The molecule has 0 aliphatic carbocycles. The molecule has 0 aliphatic heterocycles. The van der Waals surface area contributed by atoms with Gasteiger partial charge in [-0.3, -0.25) is 4.79 Å². The SMILES string of the molecule is COc1ccc(/C=C/C(=O)c2cccc(-c3ccc(F)cc3)c2)cc1. The highest BCUT2D eigenvalue weighted by atomic mass is 19.1. The lowest BCUT2D eigenvalue weighted by Gasteiger charge is -2.04. The molecule has 0 radical (unpaired) electrons. The predicted octanol–water partition coefficient (Wildman–Crippen LogP) is 5.40. The third-order valence-corrected chi connectivity index (χ3v) is 3.87. The van der Waals surface area contributed by atoms with Crippen molar-refractivity contribution in [3.63, 3.8) is 0 Å². The largest absolute Gasteiger partial charge is 0.497 e. The Morgan fingerprint density at radius 3 is 2.32 bits per heavy atom. The molecule has 0 atom stereocenters. The molecule has 25 heavy (non-hydrogen) atoms. The molecule has 0 bridgehead atoms. The summed E-state index contributed by atoms with van der Waals surface area (Å²) in [5.41, 5.74) is 3.26. The molecule has 3 aromatic rings. The third kappa shape index (κ3) is 4.21. The van der Waals surface area contributed by atoms with Crippen LogP contribution in [0.1, 0.15) is 15.9 Å². The molecule has 0 heterocycles. The summed E-state index contributed by atoms with van der Waals surface area (Å²) in [6, 6.07) is 21.0. The minimum Gasteiger partial charge on any atom is -0.497 e. The van der Waals surface area contributed by atoms with E-state index in [0.717, 1.165) is 22.4 Å². The molecule has 0 aromatic heterocycles. The Hall–Kier alpha value is -3.20. The van der Waals surface area contributed by atoms with Crippen molar-refractivity contribution in [3.05, 3.63) is 95.8 Å². The van der Waals surface area contributed by atoms with Gasteiger partial charge in [0.2, 0.25) is 0 Å². The molecular weight excluding hydrogens is 315 g/mol. The molecule has 0 unspecified atom stereocenters. The lowest BCUT2D eigenvalue weighted by atomic mass is 10.0. The van der Waals surface area contributed by atoms with Gasteiger partial charge in [0, 0.05) is 5.56 Å². The van der Waals surface area contributed by atoms with E-state index in [4.69, 9.17) is 4.74 Å². The maximum Gasteiger partial charge on any atom is 0.185 e. The summed E-state index contributed by atoms with van der Waals surface area (Å²) in [5, 5.41) is 0. The van der Waals surface area contributed by atoms with E-state index in [-0.39, 0.29) is 11.6 Å². The highest BCUT2D eigenvalue weighted by Gasteiger charge is 2.05. The maximum atomic E-state index is 13.0. The van der Waals surface area contributed by atoms with E-state index >= 15 is 0 Å². The Morgan fingerprint density at radius 2 is 1.64 bits per heavy atom. The molecule has 0 amide bonds. The van der Waals surface area contributed by atoms with E-state index in [9.17, 15) is 9.18 Å². The van der Waals surface area contributed by atoms with Gasteiger partial charge in [-0.2, -0.15) is 0 Å². The van der Waals surface area contributed by atoms with Crippen molar-refractivity contribution >= 4 is 11.9 Å². The van der Waals surface area contributed by atoms with Gasteiger partial charge in [-0.05, 0) is 53.1 Å². The summed E-state index contributed by atoms with van der Waals surface area (Å²) in [7, 11) is 1.61. The lowest BCUT2D eigenvalue weighted by Crippen LogP contribution is -1.94. The van der Waals surface area contributed by atoms with Gasteiger partial charge in [-0.25, -0.2) is 4.39 Å². The van der Waals surface area contributed by atoms with Gasteiger partial charge in [0.25, 0.3) is 0 Å². The zero-order valence-corrected chi connectivity index (χ0v) is 13.8. The van der Waals surface area contributed by atoms with Crippen LogP contribution in [0.4, 0.5) is 4.39 Å². The average molecular weight is 332 g/mol. The second kappa shape index (κ2) is 7.58. The van der Waals surface area contributed by atoms with Gasteiger partial charge in [0.1, 0.15) is 11.6 Å². The molecule has 0 saturated heterocycles. The zero-order chi connectivity index (χ0) is 17.6. The highest BCUT2D eigenvalue weighted by Crippen LogP contribution is 2.21. The molecule has 3 aromatic carbocycles. The quantitative estimate of drug-likeness (QED) is 0.462. The van der Waals surface area contributed by atoms with Crippen LogP contribution in [0.25, 0.3) is 17.2 Å². The van der Waals surface area contributed by atoms with Crippen molar-refractivity contribution < 1.29 is 13.9 Å². The zero-order valence-electron chi connectivity index (χ0n) is 13.8. The second-order valence-electron chi connectivity index (χ2n) is 5.56. The molecular formula is C22H17FO2. The molecule has 0 spiro atoms. The van der Waals surface area contributed by atoms with Gasteiger partial charge in [-0.1, -0.05) is 48.5 Å². The van der Waals surface area contributed by atoms with Crippen molar-refractivity contribution in [3.8, 4) is 16.9 Å². The summed E-state index contributed by atoms with van der Waals surface area (Å²) < 4.78 is 18.2. The Labute approximate surface area is 146 Å². The van der Waals surface area contributed by atoms with Crippen LogP contribution in [0, 0.1) is 5.82 Å². The fraction of sp³-hybridized carbons (Fsp3) is 0.0455. The minimum atomic E-state index is -0.279. The van der Waals surface area contributed by atoms with Crippen molar-refractivity contribution in [2.24, 2.45) is 0 Å². The second-order valence-corrected chi connectivity index (χ2v) is 5.56. The number of ketones is 1. The van der Waals surface area contributed by atoms with Crippen molar-refractivity contribution in [1.82, 2.24) is 0 Å². The topological polar surface area (TPSA) is 26.3 Å². The number of hydrogen-bond acceptors (Lipinski definition) is 2. The van der Waals surface area contributed by atoms with Crippen LogP contribution in [-0.2, 0) is 0 Å². The molecule has 3 rings (SSSR count). The number of rotatable bonds is 5. The number of methoxy groups -OCH3 is 1. The number of hydrogen-bond donors (Lipinski definition) is 0.